The fraction of sp³-hybridized carbons (Fsp3) is 0.562. The zero-order chi connectivity index (χ0) is 14.1. The van der Waals surface area contributed by atoms with E-state index in [0.29, 0.717) is 12.6 Å². The van der Waals surface area contributed by atoms with E-state index in [1.165, 1.54) is 6.42 Å². The van der Waals surface area contributed by atoms with E-state index >= 15 is 0 Å². The van der Waals surface area contributed by atoms with Crippen LogP contribution < -0.4 is 0 Å². The minimum atomic E-state index is -0.180. The Balaban J connectivity index is 0.000000861. The minimum absolute atomic E-state index is 0.180. The van der Waals surface area contributed by atoms with Gasteiger partial charge >= 0.3 is 6.09 Å². The Bertz CT molecular complexity index is 364. The van der Waals surface area contributed by atoms with E-state index in [1.54, 1.807) is 0 Å². The maximum atomic E-state index is 11.9. The van der Waals surface area contributed by atoms with Crippen LogP contribution in [0.5, 0.6) is 0 Å². The average Bonchev–Trinajstić information content (AvgIpc) is 2.48. The van der Waals surface area contributed by atoms with E-state index in [4.69, 9.17) is 4.74 Å². The van der Waals surface area contributed by atoms with E-state index in [2.05, 4.69) is 6.92 Å². The van der Waals surface area contributed by atoms with Crippen LogP contribution >= 0.6 is 0 Å². The summed E-state index contributed by atoms with van der Waals surface area (Å²) in [6, 6.07) is 10.1. The number of hydrogen-bond acceptors (Lipinski definition) is 2. The van der Waals surface area contributed by atoms with Crippen LogP contribution in [-0.4, -0.2) is 23.6 Å². The van der Waals surface area contributed by atoms with Gasteiger partial charge in [0.2, 0.25) is 0 Å². The van der Waals surface area contributed by atoms with Gasteiger partial charge in [-0.25, -0.2) is 4.79 Å². The molecule has 1 saturated heterocycles. The molecule has 0 bridgehead atoms. The number of hydrogen-bond donors (Lipinski definition) is 0. The molecular weight excluding hydrogens is 238 g/mol. The summed E-state index contributed by atoms with van der Waals surface area (Å²) in [6.07, 6.45) is 3.20. The highest BCUT2D eigenvalue weighted by Gasteiger charge is 2.24. The molecule has 1 fully saturated rings. The van der Waals surface area contributed by atoms with Crippen molar-refractivity contribution >= 4 is 6.09 Å². The Morgan fingerprint density at radius 3 is 2.58 bits per heavy atom. The van der Waals surface area contributed by atoms with Crippen LogP contribution in [0.2, 0.25) is 0 Å². The number of rotatable bonds is 2. The third-order valence-electron chi connectivity index (χ3n) is 3.24. The summed E-state index contributed by atoms with van der Waals surface area (Å²) in [4.78, 5) is 13.7. The molecule has 0 radical (unpaired) electrons. The first-order chi connectivity index (χ1) is 9.27. The molecule has 106 valence electrons. The third kappa shape index (κ3) is 4.93. The standard InChI is InChI=1S/C14H19NO2.C2H6/c1-12-7-5-6-10-15(12)14(16)17-11-13-8-3-2-4-9-13;1-2/h2-4,8-9,12H,5-7,10-11H2,1H3;1-2H3/t12-;/m1./s1. The predicted octanol–water partition coefficient (Wildman–Crippen LogP) is 4.22. The maximum absolute atomic E-state index is 11.9. The number of carbonyl (C=O) groups is 1. The highest BCUT2D eigenvalue weighted by atomic mass is 16.6. The van der Waals surface area contributed by atoms with Gasteiger partial charge in [-0.2, -0.15) is 0 Å². The van der Waals surface area contributed by atoms with E-state index in [-0.39, 0.29) is 6.09 Å². The lowest BCUT2D eigenvalue weighted by Crippen LogP contribution is -2.42. The molecular formula is C16H25NO2. The normalized spacial score (nSPS) is 18.3. The molecule has 0 aromatic heterocycles. The lowest BCUT2D eigenvalue weighted by atomic mass is 10.0. The molecule has 2 rings (SSSR count). The first-order valence-corrected chi connectivity index (χ1v) is 7.24. The lowest BCUT2D eigenvalue weighted by Gasteiger charge is -2.32. The highest BCUT2D eigenvalue weighted by molar-refractivity contribution is 5.68. The number of nitrogens with zero attached hydrogens (tertiary/aromatic N) is 1. The lowest BCUT2D eigenvalue weighted by molar-refractivity contribution is 0.0722. The fourth-order valence-electron chi connectivity index (χ4n) is 2.17. The quantitative estimate of drug-likeness (QED) is 0.799. The highest BCUT2D eigenvalue weighted by Crippen LogP contribution is 2.17. The molecule has 1 aromatic rings. The topological polar surface area (TPSA) is 29.5 Å². The van der Waals surface area contributed by atoms with Gasteiger partial charge in [-0.1, -0.05) is 44.2 Å². The van der Waals surface area contributed by atoms with Crippen molar-refractivity contribution in [2.75, 3.05) is 6.54 Å². The van der Waals surface area contributed by atoms with Gasteiger partial charge in [0.1, 0.15) is 6.61 Å². The zero-order valence-corrected chi connectivity index (χ0v) is 12.3. The second-order valence-electron chi connectivity index (χ2n) is 4.58. The zero-order valence-electron chi connectivity index (χ0n) is 12.3. The van der Waals surface area contributed by atoms with Crippen molar-refractivity contribution in [3.05, 3.63) is 35.9 Å². The predicted molar refractivity (Wildman–Crippen MR) is 78.0 cm³/mol. The van der Waals surface area contributed by atoms with E-state index < -0.39 is 0 Å². The molecule has 0 aliphatic carbocycles. The van der Waals surface area contributed by atoms with Crippen molar-refractivity contribution in [1.29, 1.82) is 0 Å². The number of likely N-dealkylation sites (tertiary alicyclic amines) is 1. The summed E-state index contributed by atoms with van der Waals surface area (Å²) in [5, 5.41) is 0. The molecule has 3 nitrogen and oxygen atoms in total. The van der Waals surface area contributed by atoms with Crippen LogP contribution in [-0.2, 0) is 11.3 Å². The molecule has 1 aliphatic heterocycles. The number of amides is 1. The second kappa shape index (κ2) is 8.57. The second-order valence-corrected chi connectivity index (χ2v) is 4.58. The molecule has 3 heteroatoms. The molecule has 1 heterocycles. The van der Waals surface area contributed by atoms with Crippen molar-refractivity contribution < 1.29 is 9.53 Å². The molecule has 1 amide bonds. The van der Waals surface area contributed by atoms with E-state index in [9.17, 15) is 4.79 Å². The monoisotopic (exact) mass is 263 g/mol. The van der Waals surface area contributed by atoms with Gasteiger partial charge < -0.3 is 9.64 Å². The van der Waals surface area contributed by atoms with Crippen LogP contribution in [0.15, 0.2) is 30.3 Å². The van der Waals surface area contributed by atoms with Crippen LogP contribution in [0.25, 0.3) is 0 Å². The Hall–Kier alpha value is -1.51. The average molecular weight is 263 g/mol. The van der Waals surface area contributed by atoms with Gasteiger partial charge in [0.25, 0.3) is 0 Å². The first kappa shape index (κ1) is 15.5. The van der Waals surface area contributed by atoms with Crippen molar-refractivity contribution in [1.82, 2.24) is 4.90 Å². The molecule has 0 unspecified atom stereocenters. The first-order valence-electron chi connectivity index (χ1n) is 7.24. The Labute approximate surface area is 116 Å². The summed E-state index contributed by atoms with van der Waals surface area (Å²) in [6.45, 7) is 7.28. The minimum Gasteiger partial charge on any atom is -0.445 e. The van der Waals surface area contributed by atoms with Gasteiger partial charge in [0, 0.05) is 12.6 Å². The largest absolute Gasteiger partial charge is 0.445 e. The van der Waals surface area contributed by atoms with Crippen LogP contribution in [0.3, 0.4) is 0 Å². The number of ether oxygens (including phenoxy) is 1. The molecule has 19 heavy (non-hydrogen) atoms. The van der Waals surface area contributed by atoms with Crippen LogP contribution in [0.1, 0.15) is 45.6 Å². The number of piperidine rings is 1. The van der Waals surface area contributed by atoms with Gasteiger partial charge in [-0.15, -0.1) is 0 Å². The van der Waals surface area contributed by atoms with Crippen LogP contribution in [0, 0.1) is 0 Å². The fourth-order valence-corrected chi connectivity index (χ4v) is 2.17. The number of benzene rings is 1. The summed E-state index contributed by atoms with van der Waals surface area (Å²) in [7, 11) is 0. The van der Waals surface area contributed by atoms with Crippen molar-refractivity contribution in [2.24, 2.45) is 0 Å². The maximum Gasteiger partial charge on any atom is 0.410 e. The van der Waals surface area contributed by atoms with Crippen LogP contribution in [0.4, 0.5) is 4.79 Å². The van der Waals surface area contributed by atoms with Crippen molar-refractivity contribution in [3.8, 4) is 0 Å². The van der Waals surface area contributed by atoms with Gasteiger partial charge in [-0.05, 0) is 31.7 Å². The SMILES string of the molecule is CC.C[C@@H]1CCCCN1C(=O)OCc1ccccc1. The molecule has 0 N–H and O–H groups in total. The van der Waals surface area contributed by atoms with E-state index in [1.807, 2.05) is 49.1 Å². The van der Waals surface area contributed by atoms with Gasteiger partial charge in [0.15, 0.2) is 0 Å². The van der Waals surface area contributed by atoms with Crippen molar-refractivity contribution in [3.63, 3.8) is 0 Å². The summed E-state index contributed by atoms with van der Waals surface area (Å²) in [5.41, 5.74) is 1.03. The summed E-state index contributed by atoms with van der Waals surface area (Å²) >= 11 is 0. The van der Waals surface area contributed by atoms with Gasteiger partial charge in [0.05, 0.1) is 0 Å². The number of carbonyl (C=O) groups excluding carboxylic acids is 1. The summed E-state index contributed by atoms with van der Waals surface area (Å²) < 4.78 is 5.32. The Morgan fingerprint density at radius 1 is 1.26 bits per heavy atom. The molecule has 0 spiro atoms. The Kier molecular flexibility index (Phi) is 7.01. The van der Waals surface area contributed by atoms with Crippen molar-refractivity contribution in [2.45, 2.75) is 52.7 Å². The Morgan fingerprint density at radius 2 is 1.95 bits per heavy atom. The smallest absolute Gasteiger partial charge is 0.410 e. The molecule has 1 aromatic carbocycles. The molecule has 1 aliphatic rings. The molecule has 0 saturated carbocycles. The van der Waals surface area contributed by atoms with Gasteiger partial charge in [-0.3, -0.25) is 0 Å². The third-order valence-corrected chi connectivity index (χ3v) is 3.24. The van der Waals surface area contributed by atoms with E-state index in [0.717, 1.165) is 24.9 Å². The molecule has 1 atom stereocenters. The summed E-state index contributed by atoms with van der Waals surface area (Å²) in [5.74, 6) is 0.